The fourth-order valence-electron chi connectivity index (χ4n) is 3.17. The summed E-state index contributed by atoms with van der Waals surface area (Å²) < 4.78 is 5.38. The fraction of sp³-hybridized carbons (Fsp3) is 0.450. The number of piperidine rings is 1. The predicted octanol–water partition coefficient (Wildman–Crippen LogP) is 2.91. The van der Waals surface area contributed by atoms with Crippen molar-refractivity contribution in [3.8, 4) is 5.75 Å². The highest BCUT2D eigenvalue weighted by Gasteiger charge is 2.22. The molecule has 0 atom stereocenters. The minimum Gasteiger partial charge on any atom is -0.495 e. The Hall–Kier alpha value is -3.03. The van der Waals surface area contributed by atoms with Gasteiger partial charge in [-0.05, 0) is 44.9 Å². The highest BCUT2D eigenvalue weighted by Crippen LogP contribution is 2.27. The first-order chi connectivity index (χ1) is 13.5. The topological polar surface area (TPSA) is 91.4 Å². The van der Waals surface area contributed by atoms with Gasteiger partial charge in [-0.3, -0.25) is 0 Å². The first-order valence-electron chi connectivity index (χ1n) is 9.60. The van der Waals surface area contributed by atoms with Crippen LogP contribution in [0.15, 0.2) is 36.5 Å². The van der Waals surface area contributed by atoms with E-state index in [4.69, 9.17) is 4.74 Å². The number of amides is 2. The van der Waals surface area contributed by atoms with Crippen LogP contribution in [0.4, 0.5) is 22.2 Å². The number of aromatic nitrogens is 2. The minimum absolute atomic E-state index is 0.104. The molecule has 0 radical (unpaired) electrons. The summed E-state index contributed by atoms with van der Waals surface area (Å²) in [5.74, 6) is 2.16. The molecule has 0 bridgehead atoms. The molecule has 1 saturated heterocycles. The Kier molecular flexibility index (Phi) is 6.52. The molecule has 0 aliphatic carbocycles. The lowest BCUT2D eigenvalue weighted by Gasteiger charge is -2.32. The Morgan fingerprint density at radius 3 is 2.68 bits per heavy atom. The van der Waals surface area contributed by atoms with Crippen LogP contribution in [0, 0.1) is 0 Å². The van der Waals surface area contributed by atoms with Crippen LogP contribution >= 0.6 is 0 Å². The van der Waals surface area contributed by atoms with Crippen LogP contribution in [0.3, 0.4) is 0 Å². The molecule has 1 aliphatic heterocycles. The average molecular weight is 384 g/mol. The summed E-state index contributed by atoms with van der Waals surface area (Å²) in [6.45, 7) is 5.49. The lowest BCUT2D eigenvalue weighted by Crippen LogP contribution is -2.49. The van der Waals surface area contributed by atoms with Gasteiger partial charge in [0.15, 0.2) is 0 Å². The smallest absolute Gasteiger partial charge is 0.315 e. The second-order valence-corrected chi connectivity index (χ2v) is 7.10. The van der Waals surface area contributed by atoms with Crippen molar-refractivity contribution < 1.29 is 9.53 Å². The second-order valence-electron chi connectivity index (χ2n) is 7.10. The van der Waals surface area contributed by atoms with Gasteiger partial charge >= 0.3 is 6.03 Å². The van der Waals surface area contributed by atoms with E-state index in [1.54, 1.807) is 13.3 Å². The zero-order chi connectivity index (χ0) is 19.9. The van der Waals surface area contributed by atoms with Crippen molar-refractivity contribution in [1.29, 1.82) is 0 Å². The number of rotatable bonds is 6. The maximum atomic E-state index is 11.9. The van der Waals surface area contributed by atoms with Crippen LogP contribution in [0.5, 0.6) is 5.75 Å². The molecule has 28 heavy (non-hydrogen) atoms. The predicted molar refractivity (Wildman–Crippen MR) is 110 cm³/mol. The Morgan fingerprint density at radius 2 is 1.96 bits per heavy atom. The molecule has 0 unspecified atom stereocenters. The van der Waals surface area contributed by atoms with Crippen molar-refractivity contribution >= 4 is 23.5 Å². The molecule has 1 aromatic heterocycles. The van der Waals surface area contributed by atoms with Gasteiger partial charge in [0, 0.05) is 31.4 Å². The molecular weight excluding hydrogens is 356 g/mol. The lowest BCUT2D eigenvalue weighted by atomic mass is 10.1. The third-order valence-electron chi connectivity index (χ3n) is 4.55. The van der Waals surface area contributed by atoms with E-state index in [1.807, 2.05) is 44.2 Å². The van der Waals surface area contributed by atoms with E-state index in [9.17, 15) is 4.79 Å². The molecule has 2 aromatic rings. The van der Waals surface area contributed by atoms with E-state index in [1.165, 1.54) is 0 Å². The van der Waals surface area contributed by atoms with Crippen molar-refractivity contribution in [2.24, 2.45) is 0 Å². The molecule has 1 fully saturated rings. The number of urea groups is 1. The molecular formula is C20H28N6O2. The number of benzene rings is 1. The number of hydrogen-bond donors (Lipinski definition) is 3. The number of nitrogens with zero attached hydrogens (tertiary/aromatic N) is 3. The Morgan fingerprint density at radius 1 is 1.21 bits per heavy atom. The molecule has 3 N–H and O–H groups in total. The van der Waals surface area contributed by atoms with Gasteiger partial charge in [-0.15, -0.1) is 0 Å². The van der Waals surface area contributed by atoms with Crippen molar-refractivity contribution in [3.63, 3.8) is 0 Å². The van der Waals surface area contributed by atoms with Gasteiger partial charge in [-0.1, -0.05) is 12.1 Å². The zero-order valence-electron chi connectivity index (χ0n) is 16.6. The van der Waals surface area contributed by atoms with Crippen LogP contribution in [0.2, 0.25) is 0 Å². The van der Waals surface area contributed by atoms with Crippen LogP contribution in [0.25, 0.3) is 0 Å². The van der Waals surface area contributed by atoms with E-state index in [0.29, 0.717) is 11.8 Å². The number of nitrogens with one attached hydrogen (secondary N) is 3. The van der Waals surface area contributed by atoms with Crippen molar-refractivity contribution in [1.82, 2.24) is 20.6 Å². The number of carbonyl (C=O) groups is 1. The van der Waals surface area contributed by atoms with Crippen molar-refractivity contribution in [3.05, 3.63) is 36.5 Å². The second kappa shape index (κ2) is 9.25. The molecule has 3 rings (SSSR count). The third kappa shape index (κ3) is 5.25. The van der Waals surface area contributed by atoms with Gasteiger partial charge in [-0.2, -0.15) is 4.98 Å². The number of anilines is 3. The Balaban J connectivity index is 1.58. The maximum Gasteiger partial charge on any atom is 0.315 e. The number of methoxy groups -OCH3 is 1. The molecule has 8 nitrogen and oxygen atoms in total. The fourth-order valence-corrected chi connectivity index (χ4v) is 3.17. The molecule has 8 heteroatoms. The molecule has 2 amide bonds. The minimum atomic E-state index is -0.104. The van der Waals surface area contributed by atoms with Crippen LogP contribution in [0.1, 0.15) is 26.7 Å². The van der Waals surface area contributed by atoms with Crippen LogP contribution in [-0.4, -0.2) is 48.3 Å². The van der Waals surface area contributed by atoms with E-state index >= 15 is 0 Å². The molecule has 2 heterocycles. The lowest BCUT2D eigenvalue weighted by molar-refractivity contribution is 0.232. The Labute approximate surface area is 165 Å². The van der Waals surface area contributed by atoms with E-state index in [0.717, 1.165) is 37.4 Å². The third-order valence-corrected chi connectivity index (χ3v) is 4.55. The van der Waals surface area contributed by atoms with Gasteiger partial charge in [0.05, 0.1) is 12.8 Å². The summed E-state index contributed by atoms with van der Waals surface area (Å²) in [5.41, 5.74) is 0.855. The first-order valence-corrected chi connectivity index (χ1v) is 9.60. The largest absolute Gasteiger partial charge is 0.495 e. The summed E-state index contributed by atoms with van der Waals surface area (Å²) >= 11 is 0. The summed E-state index contributed by atoms with van der Waals surface area (Å²) in [7, 11) is 1.64. The standard InChI is InChI=1S/C20H28N6O2/c1-14(2)22-20(27)23-15-9-12-26(13-10-15)19-21-11-8-18(25-19)24-16-6-4-5-7-17(16)28-3/h4-8,11,14-15H,9-10,12-13H2,1-3H3,(H,21,24,25)(H2,22,23,27). The van der Waals surface area contributed by atoms with E-state index < -0.39 is 0 Å². The molecule has 1 aromatic carbocycles. The number of para-hydroxylation sites is 2. The molecule has 1 aliphatic rings. The average Bonchev–Trinajstić information content (AvgIpc) is 2.68. The molecule has 150 valence electrons. The SMILES string of the molecule is COc1ccccc1Nc1ccnc(N2CCC(NC(=O)NC(C)C)CC2)n1. The van der Waals surface area contributed by atoms with Gasteiger partial charge in [0.1, 0.15) is 11.6 Å². The zero-order valence-corrected chi connectivity index (χ0v) is 16.6. The molecule has 0 spiro atoms. The van der Waals surface area contributed by atoms with Crippen molar-refractivity contribution in [2.45, 2.75) is 38.8 Å². The normalized spacial score (nSPS) is 14.6. The van der Waals surface area contributed by atoms with Gasteiger partial charge in [0.2, 0.25) is 5.95 Å². The summed E-state index contributed by atoms with van der Waals surface area (Å²) in [5, 5.41) is 9.19. The monoisotopic (exact) mass is 384 g/mol. The van der Waals surface area contributed by atoms with E-state index in [2.05, 4.69) is 30.8 Å². The highest BCUT2D eigenvalue weighted by atomic mass is 16.5. The number of ether oxygens (including phenoxy) is 1. The van der Waals surface area contributed by atoms with E-state index in [-0.39, 0.29) is 18.1 Å². The first kappa shape index (κ1) is 19.7. The van der Waals surface area contributed by atoms with Crippen LogP contribution < -0.4 is 25.6 Å². The highest BCUT2D eigenvalue weighted by molar-refractivity contribution is 5.74. The number of carbonyl (C=O) groups excluding carboxylic acids is 1. The quantitative estimate of drug-likeness (QED) is 0.709. The van der Waals surface area contributed by atoms with Crippen LogP contribution in [-0.2, 0) is 0 Å². The summed E-state index contributed by atoms with van der Waals surface area (Å²) in [6.07, 6.45) is 3.47. The summed E-state index contributed by atoms with van der Waals surface area (Å²) in [6, 6.07) is 9.75. The number of hydrogen-bond acceptors (Lipinski definition) is 6. The van der Waals surface area contributed by atoms with Gasteiger partial charge < -0.3 is 25.6 Å². The van der Waals surface area contributed by atoms with Gasteiger partial charge in [-0.25, -0.2) is 9.78 Å². The molecule has 0 saturated carbocycles. The van der Waals surface area contributed by atoms with Crippen molar-refractivity contribution in [2.75, 3.05) is 30.4 Å². The Bertz CT molecular complexity index is 790. The maximum absolute atomic E-state index is 11.9. The van der Waals surface area contributed by atoms with Gasteiger partial charge in [0.25, 0.3) is 0 Å². The summed E-state index contributed by atoms with van der Waals surface area (Å²) in [4.78, 5) is 23.1.